The summed E-state index contributed by atoms with van der Waals surface area (Å²) in [5.74, 6) is -0.323. The van der Waals surface area contributed by atoms with Gasteiger partial charge >= 0.3 is 0 Å². The zero-order valence-electron chi connectivity index (χ0n) is 8.28. The normalized spacial score (nSPS) is 31.3. The first kappa shape index (κ1) is 9.87. The molecule has 1 spiro atoms. The van der Waals surface area contributed by atoms with E-state index in [1.165, 1.54) is 25.3 Å². The van der Waals surface area contributed by atoms with E-state index in [0.29, 0.717) is 6.61 Å². The van der Waals surface area contributed by atoms with Gasteiger partial charge in [0.05, 0.1) is 6.61 Å². The summed E-state index contributed by atoms with van der Waals surface area (Å²) in [7, 11) is 0. The molecule has 0 aromatic carbocycles. The summed E-state index contributed by atoms with van der Waals surface area (Å²) in [4.78, 5) is 10.1. The highest BCUT2D eigenvalue weighted by atomic mass is 16.7. The highest BCUT2D eigenvalue weighted by Crippen LogP contribution is 2.37. The molecular weight excluding hydrogens is 180 g/mol. The molecule has 3 heteroatoms. The summed E-state index contributed by atoms with van der Waals surface area (Å²) >= 11 is 0. The molecular formula is C11H16O3. The Labute approximate surface area is 84.1 Å². The van der Waals surface area contributed by atoms with Crippen LogP contribution in [0.25, 0.3) is 0 Å². The molecule has 1 atom stereocenters. The van der Waals surface area contributed by atoms with Gasteiger partial charge < -0.3 is 9.47 Å². The van der Waals surface area contributed by atoms with E-state index in [0.717, 1.165) is 19.1 Å². The molecule has 3 nitrogen and oxygen atoms in total. The Balaban J connectivity index is 1.92. The highest BCUT2D eigenvalue weighted by molar-refractivity contribution is 5.64. The molecule has 0 aromatic rings. The van der Waals surface area contributed by atoms with Crippen LogP contribution >= 0.6 is 0 Å². The van der Waals surface area contributed by atoms with Crippen molar-refractivity contribution in [1.29, 1.82) is 0 Å². The number of hydrogen-bond donors (Lipinski definition) is 0. The van der Waals surface area contributed by atoms with Crippen molar-refractivity contribution in [3.8, 4) is 0 Å². The predicted octanol–water partition coefficient (Wildman–Crippen LogP) is 1.82. The average molecular weight is 196 g/mol. The van der Waals surface area contributed by atoms with Gasteiger partial charge in [0.1, 0.15) is 12.4 Å². The van der Waals surface area contributed by atoms with Crippen LogP contribution in [-0.2, 0) is 14.3 Å². The van der Waals surface area contributed by atoms with Crippen molar-refractivity contribution in [3.63, 3.8) is 0 Å². The first-order valence-electron chi connectivity index (χ1n) is 5.28. The molecule has 0 amide bonds. The first-order chi connectivity index (χ1) is 6.85. The molecule has 1 aliphatic carbocycles. The minimum absolute atomic E-state index is 0.0294. The van der Waals surface area contributed by atoms with Gasteiger partial charge in [0.2, 0.25) is 0 Å². The largest absolute Gasteiger partial charge is 0.347 e. The molecule has 0 aromatic heterocycles. The molecule has 1 aliphatic heterocycles. The number of aldehydes is 1. The van der Waals surface area contributed by atoms with Crippen molar-refractivity contribution in [2.75, 3.05) is 6.61 Å². The molecule has 1 saturated carbocycles. The second-order valence-corrected chi connectivity index (χ2v) is 3.96. The van der Waals surface area contributed by atoms with E-state index >= 15 is 0 Å². The monoisotopic (exact) mass is 196 g/mol. The maximum atomic E-state index is 10.1. The molecule has 2 fully saturated rings. The number of carbonyl (C=O) groups excluding carboxylic acids is 1. The molecule has 78 valence electrons. The molecule has 0 N–H and O–H groups in total. The van der Waals surface area contributed by atoms with E-state index in [4.69, 9.17) is 9.47 Å². The first-order valence-corrected chi connectivity index (χ1v) is 5.28. The molecule has 1 saturated heterocycles. The van der Waals surface area contributed by atoms with Crippen LogP contribution in [0.1, 0.15) is 32.1 Å². The Morgan fingerprint density at radius 1 is 1.21 bits per heavy atom. The Kier molecular flexibility index (Phi) is 2.99. The van der Waals surface area contributed by atoms with Gasteiger partial charge in [-0.15, -0.1) is 0 Å². The molecule has 0 radical (unpaired) electrons. The number of rotatable bonds is 2. The zero-order valence-corrected chi connectivity index (χ0v) is 8.28. The fraction of sp³-hybridized carbons (Fsp3) is 0.727. The van der Waals surface area contributed by atoms with Crippen LogP contribution in [0, 0.1) is 0 Å². The number of ether oxygens (including phenoxy) is 2. The highest BCUT2D eigenvalue weighted by Gasteiger charge is 2.41. The number of allylic oxidation sites excluding steroid dienone is 1. The van der Waals surface area contributed by atoms with Gasteiger partial charge in [-0.05, 0) is 18.9 Å². The topological polar surface area (TPSA) is 35.5 Å². The molecule has 0 bridgehead atoms. The van der Waals surface area contributed by atoms with Gasteiger partial charge in [-0.25, -0.2) is 0 Å². The van der Waals surface area contributed by atoms with Gasteiger partial charge in [-0.1, -0.05) is 12.5 Å². The Bertz CT molecular complexity index is 229. The predicted molar refractivity (Wildman–Crippen MR) is 51.8 cm³/mol. The molecule has 2 aliphatic rings. The van der Waals surface area contributed by atoms with Crippen LogP contribution in [0.3, 0.4) is 0 Å². The zero-order chi connectivity index (χ0) is 9.86. The van der Waals surface area contributed by atoms with Gasteiger partial charge in [-0.3, -0.25) is 4.79 Å². The van der Waals surface area contributed by atoms with E-state index in [-0.39, 0.29) is 11.9 Å². The third kappa shape index (κ3) is 2.04. The summed E-state index contributed by atoms with van der Waals surface area (Å²) in [6, 6.07) is 0. The van der Waals surface area contributed by atoms with Crippen molar-refractivity contribution in [1.82, 2.24) is 0 Å². The average Bonchev–Trinajstić information content (AvgIpc) is 2.60. The fourth-order valence-electron chi connectivity index (χ4n) is 2.19. The quantitative estimate of drug-likeness (QED) is 0.499. The van der Waals surface area contributed by atoms with Gasteiger partial charge in [0.15, 0.2) is 5.79 Å². The standard InChI is InChI=1S/C11H16O3/c12-8-4-5-10-9-13-11(14-10)6-2-1-3-7-11/h4-5,8,10H,1-3,6-7,9H2/b5-4+. The molecule has 1 unspecified atom stereocenters. The lowest BCUT2D eigenvalue weighted by molar-refractivity contribution is -0.182. The van der Waals surface area contributed by atoms with Crippen molar-refractivity contribution in [2.24, 2.45) is 0 Å². The number of carbonyl (C=O) groups is 1. The molecule has 2 rings (SSSR count). The van der Waals surface area contributed by atoms with Crippen LogP contribution in [0.4, 0.5) is 0 Å². The summed E-state index contributed by atoms with van der Waals surface area (Å²) < 4.78 is 11.5. The second kappa shape index (κ2) is 4.24. The SMILES string of the molecule is O=C/C=C/C1COC2(CCCCC2)O1. The van der Waals surface area contributed by atoms with Crippen LogP contribution in [0.2, 0.25) is 0 Å². The van der Waals surface area contributed by atoms with Crippen LogP contribution in [-0.4, -0.2) is 24.8 Å². The van der Waals surface area contributed by atoms with E-state index < -0.39 is 0 Å². The molecule has 14 heavy (non-hydrogen) atoms. The summed E-state index contributed by atoms with van der Waals surface area (Å²) in [5, 5.41) is 0. The lowest BCUT2D eigenvalue weighted by Crippen LogP contribution is -2.33. The maximum absolute atomic E-state index is 10.1. The van der Waals surface area contributed by atoms with Crippen molar-refractivity contribution in [2.45, 2.75) is 44.0 Å². The van der Waals surface area contributed by atoms with Crippen molar-refractivity contribution >= 4 is 6.29 Å². The third-order valence-electron chi connectivity index (χ3n) is 2.90. The van der Waals surface area contributed by atoms with Crippen LogP contribution in [0.5, 0.6) is 0 Å². The van der Waals surface area contributed by atoms with E-state index in [9.17, 15) is 4.79 Å². The third-order valence-corrected chi connectivity index (χ3v) is 2.90. The summed E-state index contributed by atoms with van der Waals surface area (Å²) in [6.45, 7) is 0.588. The maximum Gasteiger partial charge on any atom is 0.169 e. The minimum atomic E-state index is -0.323. The Hall–Kier alpha value is -0.670. The summed E-state index contributed by atoms with van der Waals surface area (Å²) in [6.07, 6.45) is 9.65. The summed E-state index contributed by atoms with van der Waals surface area (Å²) in [5.41, 5.74) is 0. The minimum Gasteiger partial charge on any atom is -0.347 e. The molecule has 1 heterocycles. The lowest BCUT2D eigenvalue weighted by Gasteiger charge is -2.31. The fourth-order valence-corrected chi connectivity index (χ4v) is 2.19. The smallest absolute Gasteiger partial charge is 0.169 e. The van der Waals surface area contributed by atoms with Gasteiger partial charge in [-0.2, -0.15) is 0 Å². The van der Waals surface area contributed by atoms with Gasteiger partial charge in [0.25, 0.3) is 0 Å². The van der Waals surface area contributed by atoms with Crippen LogP contribution < -0.4 is 0 Å². The van der Waals surface area contributed by atoms with Gasteiger partial charge in [0, 0.05) is 12.8 Å². The Morgan fingerprint density at radius 2 is 2.00 bits per heavy atom. The van der Waals surface area contributed by atoms with E-state index in [2.05, 4.69) is 0 Å². The second-order valence-electron chi connectivity index (χ2n) is 3.96. The van der Waals surface area contributed by atoms with E-state index in [1.807, 2.05) is 0 Å². The van der Waals surface area contributed by atoms with Crippen molar-refractivity contribution in [3.05, 3.63) is 12.2 Å². The van der Waals surface area contributed by atoms with E-state index in [1.54, 1.807) is 6.08 Å². The van der Waals surface area contributed by atoms with Crippen LogP contribution in [0.15, 0.2) is 12.2 Å². The Morgan fingerprint density at radius 3 is 2.71 bits per heavy atom. The van der Waals surface area contributed by atoms with Crippen molar-refractivity contribution < 1.29 is 14.3 Å². The lowest BCUT2D eigenvalue weighted by atomic mass is 9.94. The number of hydrogen-bond acceptors (Lipinski definition) is 3.